The van der Waals surface area contributed by atoms with Crippen LogP contribution >= 0.6 is 11.3 Å². The van der Waals surface area contributed by atoms with Gasteiger partial charge in [0.1, 0.15) is 10.6 Å². The summed E-state index contributed by atoms with van der Waals surface area (Å²) < 4.78 is 14.3. The fraction of sp³-hybridized carbons (Fsp3) is 0.235. The van der Waals surface area contributed by atoms with Crippen LogP contribution in [0.5, 0.6) is 0 Å². The molecule has 1 N–H and O–H groups in total. The minimum absolute atomic E-state index is 0.125. The molecule has 0 spiro atoms. The summed E-state index contributed by atoms with van der Waals surface area (Å²) in [6.07, 6.45) is 2.32. The average molecular weight is 345 g/mol. The third-order valence-corrected chi connectivity index (χ3v) is 4.50. The van der Waals surface area contributed by atoms with Gasteiger partial charge in [-0.25, -0.2) is 9.37 Å². The molecule has 0 aliphatic carbocycles. The quantitative estimate of drug-likeness (QED) is 0.746. The van der Waals surface area contributed by atoms with Gasteiger partial charge in [-0.05, 0) is 35.6 Å². The molecule has 0 saturated heterocycles. The van der Waals surface area contributed by atoms with Gasteiger partial charge in [-0.1, -0.05) is 12.1 Å². The van der Waals surface area contributed by atoms with Gasteiger partial charge in [0.2, 0.25) is 5.91 Å². The number of amides is 1. The van der Waals surface area contributed by atoms with Crippen molar-refractivity contribution in [2.24, 2.45) is 0 Å². The Kier molecular flexibility index (Phi) is 5.00. The summed E-state index contributed by atoms with van der Waals surface area (Å²) in [5.74, 6) is -0.404. The lowest BCUT2D eigenvalue weighted by atomic mass is 10.1. The third kappa shape index (κ3) is 3.86. The topological polar surface area (TPSA) is 64.0 Å². The van der Waals surface area contributed by atoms with Crippen LogP contribution in [-0.2, 0) is 17.8 Å². The maximum Gasteiger partial charge on any atom is 0.262 e. The summed E-state index contributed by atoms with van der Waals surface area (Å²) in [5, 5.41) is 5.21. The Balaban J connectivity index is 1.49. The van der Waals surface area contributed by atoms with Gasteiger partial charge in [0.15, 0.2) is 0 Å². The fourth-order valence-electron chi connectivity index (χ4n) is 2.36. The largest absolute Gasteiger partial charge is 0.356 e. The summed E-state index contributed by atoms with van der Waals surface area (Å²) in [4.78, 5) is 29.0. The molecule has 0 fully saturated rings. The SMILES string of the molecule is O=C(CCn1cnc2sccc2c1=O)NCCc1ccc(F)cc1. The first-order valence-electron chi connectivity index (χ1n) is 7.57. The molecule has 2 aromatic heterocycles. The Morgan fingerprint density at radius 1 is 1.25 bits per heavy atom. The summed E-state index contributed by atoms with van der Waals surface area (Å²) in [5.41, 5.74) is 0.834. The molecule has 24 heavy (non-hydrogen) atoms. The van der Waals surface area contributed by atoms with Crippen molar-refractivity contribution in [1.82, 2.24) is 14.9 Å². The van der Waals surface area contributed by atoms with E-state index in [9.17, 15) is 14.0 Å². The lowest BCUT2D eigenvalue weighted by Gasteiger charge is -2.07. The summed E-state index contributed by atoms with van der Waals surface area (Å²) in [6, 6.07) is 7.94. The molecule has 0 unspecified atom stereocenters. The number of aryl methyl sites for hydroxylation is 1. The number of carbonyl (C=O) groups excluding carboxylic acids is 1. The van der Waals surface area contributed by atoms with Crippen LogP contribution in [0.2, 0.25) is 0 Å². The van der Waals surface area contributed by atoms with Crippen LogP contribution in [0.4, 0.5) is 4.39 Å². The van der Waals surface area contributed by atoms with Crippen molar-refractivity contribution in [3.05, 3.63) is 63.8 Å². The predicted molar refractivity (Wildman–Crippen MR) is 91.6 cm³/mol. The van der Waals surface area contributed by atoms with E-state index in [1.54, 1.807) is 18.2 Å². The van der Waals surface area contributed by atoms with E-state index >= 15 is 0 Å². The van der Waals surface area contributed by atoms with Crippen molar-refractivity contribution in [3.63, 3.8) is 0 Å². The zero-order chi connectivity index (χ0) is 16.9. The second-order valence-electron chi connectivity index (χ2n) is 5.36. The number of nitrogens with zero attached hydrogens (tertiary/aromatic N) is 2. The maximum absolute atomic E-state index is 12.8. The van der Waals surface area contributed by atoms with E-state index in [4.69, 9.17) is 0 Å². The fourth-order valence-corrected chi connectivity index (χ4v) is 3.08. The summed E-state index contributed by atoms with van der Waals surface area (Å²) in [7, 11) is 0. The number of rotatable bonds is 6. The molecule has 0 atom stereocenters. The molecule has 124 valence electrons. The molecule has 0 aliphatic heterocycles. The molecule has 0 radical (unpaired) electrons. The van der Waals surface area contributed by atoms with Crippen LogP contribution in [0, 0.1) is 5.82 Å². The van der Waals surface area contributed by atoms with Crippen molar-refractivity contribution in [3.8, 4) is 0 Å². The van der Waals surface area contributed by atoms with Crippen molar-refractivity contribution in [2.75, 3.05) is 6.54 Å². The standard InChI is InChI=1S/C17H16FN3O2S/c18-13-3-1-12(2-4-13)5-8-19-15(22)6-9-21-11-20-16-14(17(21)23)7-10-24-16/h1-4,7,10-11H,5-6,8-9H2,(H,19,22). The van der Waals surface area contributed by atoms with E-state index < -0.39 is 0 Å². The molecule has 0 saturated carbocycles. The molecule has 2 heterocycles. The first-order valence-corrected chi connectivity index (χ1v) is 8.45. The molecule has 5 nitrogen and oxygen atoms in total. The number of benzene rings is 1. The maximum atomic E-state index is 12.8. The smallest absolute Gasteiger partial charge is 0.262 e. The second kappa shape index (κ2) is 7.35. The molecule has 0 aliphatic rings. The van der Waals surface area contributed by atoms with E-state index in [1.165, 1.54) is 34.4 Å². The minimum atomic E-state index is -0.274. The zero-order valence-electron chi connectivity index (χ0n) is 12.9. The normalized spacial score (nSPS) is 10.9. The highest BCUT2D eigenvalue weighted by molar-refractivity contribution is 7.16. The van der Waals surface area contributed by atoms with Gasteiger partial charge in [0, 0.05) is 19.5 Å². The van der Waals surface area contributed by atoms with Gasteiger partial charge < -0.3 is 5.32 Å². The summed E-state index contributed by atoms with van der Waals surface area (Å²) in [6.45, 7) is 0.765. The van der Waals surface area contributed by atoms with Crippen LogP contribution in [0.25, 0.3) is 10.2 Å². The number of carbonyl (C=O) groups is 1. The van der Waals surface area contributed by atoms with Crippen molar-refractivity contribution >= 4 is 27.5 Å². The first-order chi connectivity index (χ1) is 11.6. The van der Waals surface area contributed by atoms with Crippen LogP contribution in [0.15, 0.2) is 46.8 Å². The highest BCUT2D eigenvalue weighted by Gasteiger charge is 2.07. The van der Waals surface area contributed by atoms with E-state index in [2.05, 4.69) is 10.3 Å². The highest BCUT2D eigenvalue weighted by atomic mass is 32.1. The van der Waals surface area contributed by atoms with E-state index in [1.807, 2.05) is 5.38 Å². The zero-order valence-corrected chi connectivity index (χ0v) is 13.7. The van der Waals surface area contributed by atoms with Gasteiger partial charge in [-0.3, -0.25) is 14.2 Å². The first kappa shape index (κ1) is 16.3. The van der Waals surface area contributed by atoms with Crippen LogP contribution in [0.3, 0.4) is 0 Å². The number of hydrogen-bond donors (Lipinski definition) is 1. The predicted octanol–water partition coefficient (Wildman–Crippen LogP) is 2.35. The van der Waals surface area contributed by atoms with Crippen molar-refractivity contribution in [1.29, 1.82) is 0 Å². The van der Waals surface area contributed by atoms with Gasteiger partial charge in [-0.15, -0.1) is 11.3 Å². The third-order valence-electron chi connectivity index (χ3n) is 3.68. The van der Waals surface area contributed by atoms with Gasteiger partial charge in [0.05, 0.1) is 11.7 Å². The average Bonchev–Trinajstić information content (AvgIpc) is 3.06. The Labute approximate surface area is 141 Å². The van der Waals surface area contributed by atoms with Gasteiger partial charge in [-0.2, -0.15) is 0 Å². The molecule has 1 aromatic carbocycles. The van der Waals surface area contributed by atoms with E-state index in [0.717, 1.165) is 5.56 Å². The number of aromatic nitrogens is 2. The lowest BCUT2D eigenvalue weighted by Crippen LogP contribution is -2.28. The van der Waals surface area contributed by atoms with E-state index in [-0.39, 0.29) is 23.7 Å². The number of nitrogens with one attached hydrogen (secondary N) is 1. The number of fused-ring (bicyclic) bond motifs is 1. The monoisotopic (exact) mass is 345 g/mol. The second-order valence-corrected chi connectivity index (χ2v) is 6.25. The number of hydrogen-bond acceptors (Lipinski definition) is 4. The van der Waals surface area contributed by atoms with Crippen LogP contribution in [0.1, 0.15) is 12.0 Å². The Morgan fingerprint density at radius 2 is 2.04 bits per heavy atom. The van der Waals surface area contributed by atoms with Crippen LogP contribution < -0.4 is 10.9 Å². The lowest BCUT2D eigenvalue weighted by molar-refractivity contribution is -0.121. The Bertz CT molecular complexity index is 902. The Morgan fingerprint density at radius 3 is 2.83 bits per heavy atom. The minimum Gasteiger partial charge on any atom is -0.356 e. The van der Waals surface area contributed by atoms with E-state index in [0.29, 0.717) is 29.7 Å². The molecule has 3 rings (SSSR count). The number of halogens is 1. The van der Waals surface area contributed by atoms with Gasteiger partial charge in [0.25, 0.3) is 5.56 Å². The molecule has 3 aromatic rings. The molecular weight excluding hydrogens is 329 g/mol. The van der Waals surface area contributed by atoms with Crippen molar-refractivity contribution in [2.45, 2.75) is 19.4 Å². The number of thiophene rings is 1. The summed E-state index contributed by atoms with van der Waals surface area (Å²) >= 11 is 1.42. The Hall–Kier alpha value is -2.54. The molecule has 7 heteroatoms. The van der Waals surface area contributed by atoms with Crippen molar-refractivity contribution < 1.29 is 9.18 Å². The highest BCUT2D eigenvalue weighted by Crippen LogP contribution is 2.13. The molecular formula is C17H16FN3O2S. The van der Waals surface area contributed by atoms with Crippen LogP contribution in [-0.4, -0.2) is 22.0 Å². The molecule has 1 amide bonds. The van der Waals surface area contributed by atoms with Gasteiger partial charge >= 0.3 is 0 Å². The molecule has 0 bridgehead atoms.